The van der Waals surface area contributed by atoms with E-state index in [0.29, 0.717) is 17.9 Å². The quantitative estimate of drug-likeness (QED) is 0.710. The van der Waals surface area contributed by atoms with E-state index < -0.39 is 23.2 Å². The average molecular weight is 376 g/mol. The Kier molecular flexibility index (Phi) is 4.69. The fourth-order valence-corrected chi connectivity index (χ4v) is 3.10. The minimum atomic E-state index is -0.763. The van der Waals surface area contributed by atoms with Gasteiger partial charge < -0.3 is 10.3 Å². The molecule has 0 radical (unpaired) electrons. The van der Waals surface area contributed by atoms with Crippen LogP contribution in [0, 0.1) is 0 Å². The summed E-state index contributed by atoms with van der Waals surface area (Å²) >= 11 is 5.88. The molecule has 2 N–H and O–H groups in total. The number of aromatic nitrogens is 4. The van der Waals surface area contributed by atoms with Crippen molar-refractivity contribution in [1.29, 1.82) is 0 Å². The highest BCUT2D eigenvalue weighted by Gasteiger charge is 2.23. The smallest absolute Gasteiger partial charge is 0.332 e. The van der Waals surface area contributed by atoms with Crippen molar-refractivity contribution in [1.82, 2.24) is 18.7 Å². The van der Waals surface area contributed by atoms with Gasteiger partial charge in [-0.25, -0.2) is 9.78 Å². The first-order chi connectivity index (χ1) is 12.3. The third-order valence-electron chi connectivity index (χ3n) is 4.46. The number of halogens is 1. The number of carbonyl (C=O) groups excluding carboxylic acids is 1. The highest BCUT2D eigenvalue weighted by molar-refractivity contribution is 6.30. The van der Waals surface area contributed by atoms with E-state index >= 15 is 0 Å². The summed E-state index contributed by atoms with van der Waals surface area (Å²) in [4.78, 5) is 40.8. The molecule has 0 fully saturated rings. The van der Waals surface area contributed by atoms with Crippen LogP contribution >= 0.6 is 11.6 Å². The van der Waals surface area contributed by atoms with Gasteiger partial charge in [-0.05, 0) is 30.5 Å². The van der Waals surface area contributed by atoms with Crippen molar-refractivity contribution < 1.29 is 4.79 Å². The maximum absolute atomic E-state index is 12.5. The third kappa shape index (κ3) is 3.03. The van der Waals surface area contributed by atoms with Crippen LogP contribution in [0.25, 0.3) is 11.2 Å². The lowest BCUT2D eigenvalue weighted by Gasteiger charge is -2.16. The molecule has 9 heteroatoms. The fourth-order valence-electron chi connectivity index (χ4n) is 2.97. The van der Waals surface area contributed by atoms with Crippen LogP contribution in [0.3, 0.4) is 0 Å². The zero-order chi connectivity index (χ0) is 19.0. The molecule has 1 unspecified atom stereocenters. The van der Waals surface area contributed by atoms with Gasteiger partial charge in [0, 0.05) is 19.1 Å². The maximum atomic E-state index is 12.5. The summed E-state index contributed by atoms with van der Waals surface area (Å²) in [6, 6.07) is 6.52. The fraction of sp³-hybridized carbons (Fsp3) is 0.294. The van der Waals surface area contributed by atoms with Gasteiger partial charge in [-0.3, -0.25) is 18.7 Å². The van der Waals surface area contributed by atoms with Gasteiger partial charge >= 0.3 is 5.69 Å². The van der Waals surface area contributed by atoms with E-state index in [9.17, 15) is 14.4 Å². The Morgan fingerprint density at radius 2 is 1.85 bits per heavy atom. The summed E-state index contributed by atoms with van der Waals surface area (Å²) in [6.45, 7) is 0. The zero-order valence-electron chi connectivity index (χ0n) is 14.3. The molecule has 0 spiro atoms. The minimum Gasteiger partial charge on any atom is -0.368 e. The van der Waals surface area contributed by atoms with Crippen molar-refractivity contribution in [3.8, 4) is 0 Å². The van der Waals surface area contributed by atoms with Crippen molar-refractivity contribution in [3.05, 3.63) is 62.0 Å². The van der Waals surface area contributed by atoms with Crippen molar-refractivity contribution in [2.75, 3.05) is 0 Å². The van der Waals surface area contributed by atoms with Gasteiger partial charge in [0.15, 0.2) is 11.2 Å². The Balaban J connectivity index is 2.04. The maximum Gasteiger partial charge on any atom is 0.332 e. The van der Waals surface area contributed by atoms with Crippen molar-refractivity contribution in [2.24, 2.45) is 19.8 Å². The second kappa shape index (κ2) is 6.80. The van der Waals surface area contributed by atoms with E-state index in [0.717, 1.165) is 10.1 Å². The minimum absolute atomic E-state index is 0.175. The van der Waals surface area contributed by atoms with Crippen molar-refractivity contribution in [2.45, 2.75) is 18.9 Å². The number of hydrogen-bond donors (Lipinski definition) is 1. The number of carbonyl (C=O) groups is 1. The van der Waals surface area contributed by atoms with Gasteiger partial charge in [0.25, 0.3) is 5.56 Å². The van der Waals surface area contributed by atoms with Gasteiger partial charge in [-0.2, -0.15) is 0 Å². The van der Waals surface area contributed by atoms with Gasteiger partial charge in [-0.1, -0.05) is 23.7 Å². The number of hydrogen-bond acceptors (Lipinski definition) is 4. The molecular weight excluding hydrogens is 358 g/mol. The number of nitrogens with zero attached hydrogens (tertiary/aromatic N) is 4. The molecule has 136 valence electrons. The number of nitrogens with two attached hydrogens (primary N) is 1. The van der Waals surface area contributed by atoms with Crippen LogP contribution in [0.5, 0.6) is 0 Å². The van der Waals surface area contributed by atoms with Gasteiger partial charge in [-0.15, -0.1) is 0 Å². The Morgan fingerprint density at radius 3 is 2.46 bits per heavy atom. The Morgan fingerprint density at radius 1 is 1.19 bits per heavy atom. The highest BCUT2D eigenvalue weighted by Crippen LogP contribution is 2.20. The number of amides is 1. The van der Waals surface area contributed by atoms with E-state index in [1.54, 1.807) is 12.1 Å². The summed E-state index contributed by atoms with van der Waals surface area (Å²) in [6.07, 6.45) is 2.33. The molecule has 0 aliphatic rings. The summed E-state index contributed by atoms with van der Waals surface area (Å²) < 4.78 is 3.71. The zero-order valence-corrected chi connectivity index (χ0v) is 15.1. The molecule has 2 heterocycles. The lowest BCUT2D eigenvalue weighted by molar-refractivity contribution is -0.121. The number of benzene rings is 1. The lowest BCUT2D eigenvalue weighted by atomic mass is 10.0. The molecule has 3 aromatic rings. The second-order valence-corrected chi connectivity index (χ2v) is 6.55. The van der Waals surface area contributed by atoms with Crippen LogP contribution in [-0.2, 0) is 25.3 Å². The summed E-state index contributed by atoms with van der Waals surface area (Å²) in [5.74, 6) is -0.575. The van der Waals surface area contributed by atoms with E-state index in [4.69, 9.17) is 17.3 Å². The molecule has 0 aliphatic heterocycles. The third-order valence-corrected chi connectivity index (χ3v) is 4.71. The van der Waals surface area contributed by atoms with E-state index in [2.05, 4.69) is 4.98 Å². The van der Waals surface area contributed by atoms with Crippen LogP contribution in [0.2, 0.25) is 5.02 Å². The molecular formula is C17H18ClN5O3. The molecule has 0 saturated carbocycles. The standard InChI is InChI=1S/C17H18ClN5O3/c1-21-15-13(16(25)22(2)17(21)26)23(9-20-15)12(14(19)24)8-5-10-3-6-11(18)7-4-10/h3-4,6-7,9,12H,5,8H2,1-2H3,(H2,19,24). The van der Waals surface area contributed by atoms with Crippen LogP contribution in [0.1, 0.15) is 18.0 Å². The first kappa shape index (κ1) is 17.9. The van der Waals surface area contributed by atoms with E-state index in [-0.39, 0.29) is 11.2 Å². The summed E-state index contributed by atoms with van der Waals surface area (Å²) in [5.41, 5.74) is 5.96. The number of fused-ring (bicyclic) bond motifs is 1. The molecule has 26 heavy (non-hydrogen) atoms. The number of primary amides is 1. The molecule has 1 atom stereocenters. The molecule has 1 amide bonds. The topological polar surface area (TPSA) is 105 Å². The predicted molar refractivity (Wildman–Crippen MR) is 98.2 cm³/mol. The Bertz CT molecular complexity index is 1090. The molecule has 0 saturated heterocycles. The van der Waals surface area contributed by atoms with Crippen molar-refractivity contribution in [3.63, 3.8) is 0 Å². The van der Waals surface area contributed by atoms with Crippen LogP contribution in [0.4, 0.5) is 0 Å². The van der Waals surface area contributed by atoms with Crippen LogP contribution < -0.4 is 17.0 Å². The number of rotatable bonds is 5. The molecule has 8 nitrogen and oxygen atoms in total. The van der Waals surface area contributed by atoms with Crippen LogP contribution in [0.15, 0.2) is 40.2 Å². The van der Waals surface area contributed by atoms with Crippen molar-refractivity contribution >= 4 is 28.7 Å². The first-order valence-electron chi connectivity index (χ1n) is 7.97. The van der Waals surface area contributed by atoms with E-state index in [1.165, 1.54) is 29.6 Å². The van der Waals surface area contributed by atoms with Gasteiger partial charge in [0.05, 0.1) is 6.33 Å². The van der Waals surface area contributed by atoms with E-state index in [1.807, 2.05) is 12.1 Å². The number of aryl methyl sites for hydroxylation is 2. The predicted octanol–water partition coefficient (Wildman–Crippen LogP) is 0.746. The monoisotopic (exact) mass is 375 g/mol. The molecule has 2 aromatic heterocycles. The molecule has 3 rings (SSSR count). The average Bonchev–Trinajstić information content (AvgIpc) is 3.04. The Hall–Kier alpha value is -2.87. The normalized spacial score (nSPS) is 12.4. The highest BCUT2D eigenvalue weighted by atomic mass is 35.5. The SMILES string of the molecule is Cn1c(=O)c2c(ncn2C(CCc2ccc(Cl)cc2)C(N)=O)n(C)c1=O. The lowest BCUT2D eigenvalue weighted by Crippen LogP contribution is -2.38. The largest absolute Gasteiger partial charge is 0.368 e. The first-order valence-corrected chi connectivity index (χ1v) is 8.35. The molecule has 1 aromatic carbocycles. The van der Waals surface area contributed by atoms with Gasteiger partial charge in [0.2, 0.25) is 5.91 Å². The summed E-state index contributed by atoms with van der Waals surface area (Å²) in [5, 5.41) is 0.630. The van der Waals surface area contributed by atoms with Crippen LogP contribution in [-0.4, -0.2) is 24.6 Å². The Labute approximate surface area is 153 Å². The molecule has 0 aliphatic carbocycles. The number of imidazole rings is 1. The van der Waals surface area contributed by atoms with Gasteiger partial charge in [0.1, 0.15) is 6.04 Å². The summed E-state index contributed by atoms with van der Waals surface area (Å²) in [7, 11) is 2.91. The second-order valence-electron chi connectivity index (χ2n) is 6.11. The molecule has 0 bridgehead atoms.